The van der Waals surface area contributed by atoms with Crippen LogP contribution in [0.5, 0.6) is 0 Å². The Bertz CT molecular complexity index is 867. The number of likely N-dealkylation sites (tertiary alicyclic amines) is 1. The minimum Gasteiger partial charge on any atom is -0.350 e. The Balaban J connectivity index is 1.43. The van der Waals surface area contributed by atoms with E-state index in [9.17, 15) is 9.59 Å². The van der Waals surface area contributed by atoms with Crippen LogP contribution < -0.4 is 10.6 Å². The molecule has 2 amide bonds. The molecule has 2 atom stereocenters. The first-order valence-electron chi connectivity index (χ1n) is 9.97. The minimum absolute atomic E-state index is 0.0412. The Morgan fingerprint density at radius 1 is 1.24 bits per heavy atom. The number of hydrogen-bond acceptors (Lipinski definition) is 6. The molecule has 2 fully saturated rings. The molecule has 2 N–H and O–H groups in total. The number of nitrogens with one attached hydrogen (secondary N) is 2. The molecule has 0 radical (unpaired) electrons. The standard InChI is InChI=1S/C19H24ClN7O2/c20-14-6-7-16(27-12-23-24-25-27)13(10-14)11-22-18(28)17-5-3-9-26(17)19(29)15-4-1-2-8-21-15/h6-7,10,12,15,17,21H,1-5,8-9,11H2,(H,22,28). The third-order valence-electron chi connectivity index (χ3n) is 5.54. The van der Waals surface area contributed by atoms with Gasteiger partial charge in [0.25, 0.3) is 0 Å². The maximum atomic E-state index is 12.9. The van der Waals surface area contributed by atoms with Crippen molar-refractivity contribution in [2.75, 3.05) is 13.1 Å². The van der Waals surface area contributed by atoms with Gasteiger partial charge in [-0.1, -0.05) is 18.0 Å². The molecule has 0 spiro atoms. The summed E-state index contributed by atoms with van der Waals surface area (Å²) in [5, 5.41) is 18.0. The molecule has 9 nitrogen and oxygen atoms in total. The molecule has 10 heteroatoms. The first-order chi connectivity index (χ1) is 14.1. The van der Waals surface area contributed by atoms with Crippen LogP contribution in [0.1, 0.15) is 37.7 Å². The van der Waals surface area contributed by atoms with Gasteiger partial charge in [0, 0.05) is 18.1 Å². The van der Waals surface area contributed by atoms with Crippen molar-refractivity contribution in [2.45, 2.75) is 50.7 Å². The van der Waals surface area contributed by atoms with Crippen LogP contribution in [0, 0.1) is 0 Å². The van der Waals surface area contributed by atoms with Gasteiger partial charge in [-0.15, -0.1) is 5.10 Å². The normalized spacial score (nSPS) is 21.9. The molecule has 2 unspecified atom stereocenters. The number of carbonyl (C=O) groups is 2. The summed E-state index contributed by atoms with van der Waals surface area (Å²) in [6.07, 6.45) is 5.98. The van der Waals surface area contributed by atoms with Gasteiger partial charge >= 0.3 is 0 Å². The summed E-state index contributed by atoms with van der Waals surface area (Å²) < 4.78 is 1.53. The van der Waals surface area contributed by atoms with Gasteiger partial charge in [0.05, 0.1) is 11.7 Å². The number of tetrazole rings is 1. The third-order valence-corrected chi connectivity index (χ3v) is 5.77. The molecular weight excluding hydrogens is 394 g/mol. The van der Waals surface area contributed by atoms with Gasteiger partial charge < -0.3 is 15.5 Å². The highest BCUT2D eigenvalue weighted by Gasteiger charge is 2.37. The SMILES string of the molecule is O=C(NCc1cc(Cl)ccc1-n1cnnn1)C1CCCN1C(=O)C1CCCCN1. The Morgan fingerprint density at radius 3 is 2.90 bits per heavy atom. The van der Waals surface area contributed by atoms with Gasteiger partial charge in [-0.25, -0.2) is 4.68 Å². The lowest BCUT2D eigenvalue weighted by molar-refractivity contribution is -0.140. The fourth-order valence-corrected chi connectivity index (χ4v) is 4.25. The maximum Gasteiger partial charge on any atom is 0.243 e. The van der Waals surface area contributed by atoms with Crippen LogP contribution in [-0.2, 0) is 16.1 Å². The van der Waals surface area contributed by atoms with Gasteiger partial charge in [-0.3, -0.25) is 9.59 Å². The number of benzene rings is 1. The molecule has 0 bridgehead atoms. The number of halogens is 1. The highest BCUT2D eigenvalue weighted by molar-refractivity contribution is 6.30. The van der Waals surface area contributed by atoms with Gasteiger partial charge in [-0.05, 0) is 66.4 Å². The van der Waals surface area contributed by atoms with Crippen LogP contribution in [0.25, 0.3) is 5.69 Å². The summed E-state index contributed by atoms with van der Waals surface area (Å²) in [6, 6.07) is 4.74. The summed E-state index contributed by atoms with van der Waals surface area (Å²) >= 11 is 6.14. The number of aromatic nitrogens is 4. The van der Waals surface area contributed by atoms with Crippen molar-refractivity contribution in [1.29, 1.82) is 0 Å². The van der Waals surface area contributed by atoms with Crippen LogP contribution >= 0.6 is 11.6 Å². The van der Waals surface area contributed by atoms with Crippen LogP contribution in [-0.4, -0.2) is 62.1 Å². The molecule has 2 aliphatic rings. The van der Waals surface area contributed by atoms with E-state index in [4.69, 9.17) is 11.6 Å². The highest BCUT2D eigenvalue weighted by Crippen LogP contribution is 2.22. The van der Waals surface area contributed by atoms with Gasteiger partial charge in [0.15, 0.2) is 0 Å². The predicted octanol–water partition coefficient (Wildman–Crippen LogP) is 1.06. The number of rotatable bonds is 5. The molecule has 1 aromatic carbocycles. The zero-order valence-electron chi connectivity index (χ0n) is 16.1. The first-order valence-corrected chi connectivity index (χ1v) is 10.3. The lowest BCUT2D eigenvalue weighted by Gasteiger charge is -2.30. The molecule has 3 heterocycles. The largest absolute Gasteiger partial charge is 0.350 e. The Hall–Kier alpha value is -2.52. The van der Waals surface area contributed by atoms with Crippen molar-refractivity contribution in [2.24, 2.45) is 0 Å². The smallest absolute Gasteiger partial charge is 0.243 e. The second kappa shape index (κ2) is 8.87. The molecule has 154 valence electrons. The molecule has 29 heavy (non-hydrogen) atoms. The fraction of sp³-hybridized carbons (Fsp3) is 0.526. The summed E-state index contributed by atoms with van der Waals surface area (Å²) in [4.78, 5) is 27.5. The molecule has 2 saturated heterocycles. The molecule has 0 saturated carbocycles. The first kappa shape index (κ1) is 19.8. The van der Waals surface area contributed by atoms with Crippen molar-refractivity contribution >= 4 is 23.4 Å². The van der Waals surface area contributed by atoms with Crippen molar-refractivity contribution in [3.63, 3.8) is 0 Å². The van der Waals surface area contributed by atoms with Gasteiger partial charge in [0.2, 0.25) is 11.8 Å². The van der Waals surface area contributed by atoms with Crippen molar-refractivity contribution in [3.8, 4) is 5.69 Å². The lowest BCUT2D eigenvalue weighted by Crippen LogP contribution is -2.53. The van der Waals surface area contributed by atoms with Crippen LogP contribution in [0.3, 0.4) is 0 Å². The van der Waals surface area contributed by atoms with E-state index in [0.717, 1.165) is 43.5 Å². The van der Waals surface area contributed by atoms with E-state index in [0.29, 0.717) is 18.0 Å². The predicted molar refractivity (Wildman–Crippen MR) is 106 cm³/mol. The summed E-state index contributed by atoms with van der Waals surface area (Å²) in [5.74, 6) is -0.103. The molecule has 2 aliphatic heterocycles. The lowest BCUT2D eigenvalue weighted by atomic mass is 10.0. The minimum atomic E-state index is -0.429. The zero-order valence-corrected chi connectivity index (χ0v) is 16.8. The summed E-state index contributed by atoms with van der Waals surface area (Å²) in [7, 11) is 0. The number of carbonyl (C=O) groups excluding carboxylic acids is 2. The average Bonchev–Trinajstić information content (AvgIpc) is 3.44. The number of nitrogens with zero attached hydrogens (tertiary/aromatic N) is 5. The number of piperidine rings is 1. The molecule has 0 aliphatic carbocycles. The molecule has 2 aromatic rings. The Kier molecular flexibility index (Phi) is 6.05. The zero-order chi connectivity index (χ0) is 20.2. The summed E-state index contributed by atoms with van der Waals surface area (Å²) in [6.45, 7) is 1.76. The van der Waals surface area contributed by atoms with Gasteiger partial charge in [0.1, 0.15) is 12.4 Å². The van der Waals surface area contributed by atoms with E-state index >= 15 is 0 Å². The average molecular weight is 418 g/mol. The van der Waals surface area contributed by atoms with E-state index in [-0.39, 0.29) is 24.4 Å². The summed E-state index contributed by atoms with van der Waals surface area (Å²) in [5.41, 5.74) is 1.54. The van der Waals surface area contributed by atoms with Crippen molar-refractivity contribution in [1.82, 2.24) is 35.7 Å². The van der Waals surface area contributed by atoms with E-state index in [1.165, 1.54) is 11.0 Å². The Morgan fingerprint density at radius 2 is 2.14 bits per heavy atom. The Labute approximate surface area is 173 Å². The van der Waals surface area contributed by atoms with Gasteiger partial charge in [-0.2, -0.15) is 0 Å². The van der Waals surface area contributed by atoms with Crippen molar-refractivity contribution < 1.29 is 9.59 Å². The van der Waals surface area contributed by atoms with Crippen LogP contribution in [0.4, 0.5) is 0 Å². The van der Waals surface area contributed by atoms with E-state index < -0.39 is 6.04 Å². The highest BCUT2D eigenvalue weighted by atomic mass is 35.5. The van der Waals surface area contributed by atoms with Crippen LogP contribution in [0.15, 0.2) is 24.5 Å². The van der Waals surface area contributed by atoms with E-state index in [2.05, 4.69) is 26.2 Å². The monoisotopic (exact) mass is 417 g/mol. The molecule has 4 rings (SSSR count). The maximum absolute atomic E-state index is 12.9. The second-order valence-corrected chi connectivity index (χ2v) is 7.87. The second-order valence-electron chi connectivity index (χ2n) is 7.44. The topological polar surface area (TPSA) is 105 Å². The number of hydrogen-bond donors (Lipinski definition) is 2. The third kappa shape index (κ3) is 4.40. The van der Waals surface area contributed by atoms with Crippen molar-refractivity contribution in [3.05, 3.63) is 35.1 Å². The number of amides is 2. The fourth-order valence-electron chi connectivity index (χ4n) is 4.06. The molecule has 1 aromatic heterocycles. The quantitative estimate of drug-likeness (QED) is 0.753. The molecular formula is C19H24ClN7O2. The van der Waals surface area contributed by atoms with E-state index in [1.807, 2.05) is 0 Å². The van der Waals surface area contributed by atoms with Crippen LogP contribution in [0.2, 0.25) is 5.02 Å². The van der Waals surface area contributed by atoms with E-state index in [1.54, 1.807) is 23.1 Å².